The van der Waals surface area contributed by atoms with Crippen LogP contribution in [-0.4, -0.2) is 51.0 Å². The van der Waals surface area contributed by atoms with Gasteiger partial charge in [0.15, 0.2) is 0 Å². The van der Waals surface area contributed by atoms with Crippen LogP contribution in [0.4, 0.5) is 0 Å². The molecule has 0 aliphatic rings. The first-order valence-electron chi connectivity index (χ1n) is 0. The summed E-state index contributed by atoms with van der Waals surface area (Å²) in [5, 5.41) is 0. The van der Waals surface area contributed by atoms with Crippen LogP contribution in [-0.2, 0) is 33.8 Å². The maximum Gasteiger partial charge on any atom is 2.00 e. The SMILES string of the molecule is O.[Co].[Fe].[H-].[H-].[Sr+2]. The molecular formula is H4CoFeOSr. The van der Waals surface area contributed by atoms with Crippen molar-refractivity contribution in [2.24, 2.45) is 0 Å². The molecule has 1 radical (unpaired) electrons. The Hall–Kier alpha value is 2.47. The van der Waals surface area contributed by atoms with Gasteiger partial charge in [0.25, 0.3) is 0 Å². The summed E-state index contributed by atoms with van der Waals surface area (Å²) in [6.45, 7) is 0. The average Bonchev–Trinajstić information content (AvgIpc) is 0. The van der Waals surface area contributed by atoms with Crippen LogP contribution >= 0.6 is 0 Å². The molecule has 4 heavy (non-hydrogen) atoms. The van der Waals surface area contributed by atoms with Gasteiger partial charge in [-0.1, -0.05) is 0 Å². The first-order chi connectivity index (χ1) is 0. The summed E-state index contributed by atoms with van der Waals surface area (Å²) >= 11 is 0. The molecule has 0 rings (SSSR count). The van der Waals surface area contributed by atoms with Gasteiger partial charge < -0.3 is 8.33 Å². The molecule has 0 aromatic carbocycles. The Kier molecular flexibility index (Phi) is 142. The minimum absolute atomic E-state index is 0. The second-order valence-electron chi connectivity index (χ2n) is 0. The Balaban J connectivity index is 0. The van der Waals surface area contributed by atoms with E-state index in [0.29, 0.717) is 0 Å². The molecule has 0 aromatic heterocycles. The maximum atomic E-state index is 0. The van der Waals surface area contributed by atoms with E-state index in [1.54, 1.807) is 0 Å². The molecule has 0 saturated carbocycles. The van der Waals surface area contributed by atoms with Gasteiger partial charge in [-0.3, -0.25) is 0 Å². The molecule has 1 nitrogen and oxygen atoms in total. The van der Waals surface area contributed by atoms with E-state index in [-0.39, 0.29) is 87.7 Å². The summed E-state index contributed by atoms with van der Waals surface area (Å²) in [6.07, 6.45) is 0. The summed E-state index contributed by atoms with van der Waals surface area (Å²) in [4.78, 5) is 0. The van der Waals surface area contributed by atoms with Gasteiger partial charge in [0.05, 0.1) is 0 Å². The molecule has 0 aromatic rings. The summed E-state index contributed by atoms with van der Waals surface area (Å²) in [5.74, 6) is 0. The number of rotatable bonds is 0. The molecule has 0 unspecified atom stereocenters. The second kappa shape index (κ2) is 17.9. The van der Waals surface area contributed by atoms with Crippen LogP contribution in [0.15, 0.2) is 0 Å². The molecule has 2 N–H and O–H groups in total. The molecule has 29 valence electrons. The fourth-order valence-electron chi connectivity index (χ4n) is 0. The van der Waals surface area contributed by atoms with Gasteiger partial charge in [-0.15, -0.1) is 0 Å². The van der Waals surface area contributed by atoms with Gasteiger partial charge in [0, 0.05) is 33.8 Å². The quantitative estimate of drug-likeness (QED) is 0.472. The van der Waals surface area contributed by atoms with E-state index in [1.807, 2.05) is 0 Å². The van der Waals surface area contributed by atoms with Crippen LogP contribution in [0.5, 0.6) is 0 Å². The van der Waals surface area contributed by atoms with E-state index >= 15 is 0 Å². The maximum absolute atomic E-state index is 0. The molecular weight excluding hydrogens is 218 g/mol. The molecule has 0 amide bonds. The van der Waals surface area contributed by atoms with Gasteiger partial charge >= 0.3 is 45.5 Å². The first-order valence-corrected chi connectivity index (χ1v) is 0. The van der Waals surface area contributed by atoms with E-state index in [2.05, 4.69) is 0 Å². The van der Waals surface area contributed by atoms with Crippen molar-refractivity contribution in [1.29, 1.82) is 0 Å². The fraction of sp³-hybridized carbons (Fsp3) is 0. The minimum atomic E-state index is 0. The van der Waals surface area contributed by atoms with Crippen molar-refractivity contribution in [3.8, 4) is 0 Å². The summed E-state index contributed by atoms with van der Waals surface area (Å²) < 4.78 is 0. The van der Waals surface area contributed by atoms with Crippen molar-refractivity contribution in [2.75, 3.05) is 0 Å². The Morgan fingerprint density at radius 2 is 1.25 bits per heavy atom. The van der Waals surface area contributed by atoms with Crippen molar-refractivity contribution in [1.82, 2.24) is 0 Å². The third-order valence-corrected chi connectivity index (χ3v) is 0. The smallest absolute Gasteiger partial charge is 1.00 e. The number of hydrogen-bond donors (Lipinski definition) is 0. The van der Waals surface area contributed by atoms with Crippen molar-refractivity contribution < 1.29 is 42.2 Å². The fourth-order valence-corrected chi connectivity index (χ4v) is 0. The molecule has 0 fully saturated rings. The zero-order chi connectivity index (χ0) is 0. The molecule has 0 bridgehead atoms. The Bertz CT molecular complexity index is 13.5. The van der Waals surface area contributed by atoms with Crippen molar-refractivity contribution in [3.63, 3.8) is 0 Å². The topological polar surface area (TPSA) is 31.5 Å². The Morgan fingerprint density at radius 3 is 1.25 bits per heavy atom. The average molecular weight is 222 g/mol. The van der Waals surface area contributed by atoms with E-state index in [1.165, 1.54) is 0 Å². The first kappa shape index (κ1) is 31.8. The van der Waals surface area contributed by atoms with E-state index in [0.717, 1.165) is 0 Å². The summed E-state index contributed by atoms with van der Waals surface area (Å²) in [6, 6.07) is 0. The van der Waals surface area contributed by atoms with Crippen LogP contribution in [0, 0.1) is 0 Å². The molecule has 0 aliphatic carbocycles. The zero-order valence-corrected chi connectivity index (χ0v) is 7.52. The molecule has 0 heterocycles. The summed E-state index contributed by atoms with van der Waals surface area (Å²) in [5.41, 5.74) is 0. The Labute approximate surface area is 86.1 Å². The molecule has 4 heteroatoms. The third-order valence-electron chi connectivity index (χ3n) is 0. The van der Waals surface area contributed by atoms with Crippen LogP contribution in [0.3, 0.4) is 0 Å². The minimum Gasteiger partial charge on any atom is -1.00 e. The van der Waals surface area contributed by atoms with Crippen molar-refractivity contribution in [2.45, 2.75) is 0 Å². The molecule has 0 atom stereocenters. The van der Waals surface area contributed by atoms with Crippen molar-refractivity contribution in [3.05, 3.63) is 0 Å². The van der Waals surface area contributed by atoms with E-state index < -0.39 is 0 Å². The van der Waals surface area contributed by atoms with Gasteiger partial charge in [-0.2, -0.15) is 0 Å². The molecule has 0 saturated heterocycles. The van der Waals surface area contributed by atoms with Gasteiger partial charge in [0.2, 0.25) is 0 Å². The standard InChI is InChI=1S/Co.Fe.H2O.Sr.2H/h;;1H2;;;/q;;;+2;2*-1. The predicted molar refractivity (Wildman–Crippen MR) is 11.6 cm³/mol. The van der Waals surface area contributed by atoms with Gasteiger partial charge in [0.1, 0.15) is 0 Å². The van der Waals surface area contributed by atoms with Gasteiger partial charge in [-0.25, -0.2) is 0 Å². The predicted octanol–water partition coefficient (Wildman–Crippen LogP) is -0.986. The number of hydrogen-bond acceptors (Lipinski definition) is 0. The Morgan fingerprint density at radius 1 is 1.25 bits per heavy atom. The van der Waals surface area contributed by atoms with E-state index in [4.69, 9.17) is 0 Å². The van der Waals surface area contributed by atoms with E-state index in [9.17, 15) is 0 Å². The van der Waals surface area contributed by atoms with Crippen molar-refractivity contribution >= 4 is 45.5 Å². The largest absolute Gasteiger partial charge is 2.00 e. The third kappa shape index (κ3) is 8.82. The van der Waals surface area contributed by atoms with Gasteiger partial charge in [-0.05, 0) is 0 Å². The van der Waals surface area contributed by atoms with Crippen LogP contribution in [0.2, 0.25) is 0 Å². The molecule has 0 aliphatic heterocycles. The molecule has 0 spiro atoms. The summed E-state index contributed by atoms with van der Waals surface area (Å²) in [7, 11) is 0. The monoisotopic (exact) mass is 223 g/mol. The second-order valence-corrected chi connectivity index (χ2v) is 0. The van der Waals surface area contributed by atoms with Crippen LogP contribution < -0.4 is 0 Å². The normalized spacial score (nSPS) is 0. The van der Waals surface area contributed by atoms with Crippen LogP contribution in [0.25, 0.3) is 0 Å². The van der Waals surface area contributed by atoms with Crippen LogP contribution in [0.1, 0.15) is 2.85 Å². The zero-order valence-electron chi connectivity index (χ0n) is 3.89.